The zero-order valence-corrected chi connectivity index (χ0v) is 13.1. The molecule has 2 aromatic carbocycles. The van der Waals surface area contributed by atoms with Crippen LogP contribution < -0.4 is 9.47 Å². The minimum Gasteiger partial charge on any atom is -0.493 e. The maximum atomic E-state index is 12.0. The van der Waals surface area contributed by atoms with Crippen LogP contribution >= 0.6 is 11.8 Å². The summed E-state index contributed by atoms with van der Waals surface area (Å²) < 4.78 is 10.4. The number of nitrogens with zero attached hydrogens (tertiary/aromatic N) is 1. The van der Waals surface area contributed by atoms with Gasteiger partial charge in [-0.15, -0.1) is 11.8 Å². The summed E-state index contributed by atoms with van der Waals surface area (Å²) in [6, 6.07) is 14.6. The third-order valence-electron chi connectivity index (χ3n) is 2.96. The number of rotatable bonds is 5. The summed E-state index contributed by atoms with van der Waals surface area (Å²) in [7, 11) is 1.47. The van der Waals surface area contributed by atoms with Crippen molar-refractivity contribution >= 4 is 17.7 Å². The van der Waals surface area contributed by atoms with Crippen LogP contribution in [-0.2, 0) is 4.79 Å². The first-order chi connectivity index (χ1) is 10.6. The third kappa shape index (κ3) is 4.03. The van der Waals surface area contributed by atoms with Crippen LogP contribution in [0.25, 0.3) is 0 Å². The molecule has 2 rings (SSSR count). The van der Waals surface area contributed by atoms with E-state index >= 15 is 0 Å². The van der Waals surface area contributed by atoms with E-state index in [1.165, 1.54) is 24.9 Å². The molecule has 0 unspecified atom stereocenters. The molecule has 22 heavy (non-hydrogen) atoms. The molecule has 2 aromatic rings. The van der Waals surface area contributed by atoms with E-state index in [9.17, 15) is 4.79 Å². The summed E-state index contributed by atoms with van der Waals surface area (Å²) in [6.07, 6.45) is 0. The quantitative estimate of drug-likeness (QED) is 0.480. The van der Waals surface area contributed by atoms with Gasteiger partial charge in [0.2, 0.25) is 0 Å². The van der Waals surface area contributed by atoms with E-state index in [4.69, 9.17) is 14.7 Å². The number of esters is 1. The lowest BCUT2D eigenvalue weighted by Crippen LogP contribution is -2.11. The molecule has 0 heterocycles. The van der Waals surface area contributed by atoms with Gasteiger partial charge in [-0.3, -0.25) is 4.79 Å². The number of hydrogen-bond acceptors (Lipinski definition) is 5. The maximum Gasteiger partial charge on any atom is 0.321 e. The number of ether oxygens (including phenoxy) is 2. The van der Waals surface area contributed by atoms with Crippen LogP contribution in [0.3, 0.4) is 0 Å². The average molecular weight is 313 g/mol. The van der Waals surface area contributed by atoms with Gasteiger partial charge in [-0.2, -0.15) is 5.26 Å². The number of carbonyl (C=O) groups is 1. The lowest BCUT2D eigenvalue weighted by atomic mass is 10.2. The summed E-state index contributed by atoms with van der Waals surface area (Å²) in [4.78, 5) is 13.0. The monoisotopic (exact) mass is 313 g/mol. The zero-order valence-electron chi connectivity index (χ0n) is 12.3. The summed E-state index contributed by atoms with van der Waals surface area (Å²) in [6.45, 7) is 2.00. The van der Waals surface area contributed by atoms with E-state index in [0.717, 1.165) is 10.5 Å². The van der Waals surface area contributed by atoms with Crippen molar-refractivity contribution in [1.29, 1.82) is 5.26 Å². The predicted octanol–water partition coefficient (Wildman–Crippen LogP) is 3.57. The van der Waals surface area contributed by atoms with Crippen LogP contribution in [0, 0.1) is 18.3 Å². The molecular formula is C17H15NO3S. The Kier molecular flexibility index (Phi) is 5.45. The second kappa shape index (κ2) is 7.53. The molecular weight excluding hydrogens is 298 g/mol. The minimum atomic E-state index is -0.365. The molecule has 0 bridgehead atoms. The van der Waals surface area contributed by atoms with E-state index < -0.39 is 0 Å². The van der Waals surface area contributed by atoms with Gasteiger partial charge in [-0.25, -0.2) is 0 Å². The van der Waals surface area contributed by atoms with Crippen molar-refractivity contribution in [3.8, 4) is 17.6 Å². The van der Waals surface area contributed by atoms with E-state index in [-0.39, 0.29) is 11.7 Å². The van der Waals surface area contributed by atoms with Gasteiger partial charge >= 0.3 is 5.97 Å². The molecule has 0 aliphatic rings. The molecule has 0 saturated carbocycles. The first kappa shape index (κ1) is 15.9. The second-order valence-corrected chi connectivity index (χ2v) is 5.52. The molecule has 0 atom stereocenters. The maximum absolute atomic E-state index is 12.0. The zero-order chi connectivity index (χ0) is 15.9. The smallest absolute Gasteiger partial charge is 0.321 e. The van der Waals surface area contributed by atoms with Crippen molar-refractivity contribution in [2.24, 2.45) is 0 Å². The summed E-state index contributed by atoms with van der Waals surface area (Å²) in [5, 5.41) is 8.85. The molecule has 0 aliphatic carbocycles. The Morgan fingerprint density at radius 3 is 2.68 bits per heavy atom. The highest BCUT2D eigenvalue weighted by atomic mass is 32.2. The second-order valence-electron chi connectivity index (χ2n) is 4.51. The van der Waals surface area contributed by atoms with Crippen molar-refractivity contribution in [3.05, 3.63) is 53.6 Å². The minimum absolute atomic E-state index is 0.202. The lowest BCUT2D eigenvalue weighted by molar-refractivity contribution is -0.131. The Morgan fingerprint density at radius 1 is 1.23 bits per heavy atom. The van der Waals surface area contributed by atoms with E-state index in [2.05, 4.69) is 0 Å². The van der Waals surface area contributed by atoms with Gasteiger partial charge in [0.25, 0.3) is 0 Å². The van der Waals surface area contributed by atoms with Gasteiger partial charge < -0.3 is 9.47 Å². The summed E-state index contributed by atoms with van der Waals surface area (Å²) in [5.41, 5.74) is 1.57. The normalized spacial score (nSPS) is 9.86. The topological polar surface area (TPSA) is 59.3 Å². The van der Waals surface area contributed by atoms with E-state index in [1.54, 1.807) is 12.1 Å². The molecule has 0 aromatic heterocycles. The third-order valence-corrected chi connectivity index (χ3v) is 4.10. The van der Waals surface area contributed by atoms with Crippen molar-refractivity contribution in [2.75, 3.05) is 12.9 Å². The lowest BCUT2D eigenvalue weighted by Gasteiger charge is -2.09. The average Bonchev–Trinajstić information content (AvgIpc) is 2.54. The Balaban J connectivity index is 2.01. The number of benzene rings is 2. The Bertz CT molecular complexity index is 722. The molecule has 0 N–H and O–H groups in total. The molecule has 5 heteroatoms. The number of hydrogen-bond donors (Lipinski definition) is 0. The first-order valence-corrected chi connectivity index (χ1v) is 7.60. The molecule has 0 radical (unpaired) electrons. The molecule has 0 spiro atoms. The molecule has 0 amide bonds. The fourth-order valence-corrected chi connectivity index (χ4v) is 2.63. The van der Waals surface area contributed by atoms with Crippen molar-refractivity contribution in [1.82, 2.24) is 0 Å². The number of methoxy groups -OCH3 is 1. The number of thioether (sulfide) groups is 1. The van der Waals surface area contributed by atoms with Crippen LogP contribution in [0.2, 0.25) is 0 Å². The highest BCUT2D eigenvalue weighted by Gasteiger charge is 2.12. The molecule has 4 nitrogen and oxygen atoms in total. The van der Waals surface area contributed by atoms with Gasteiger partial charge in [0, 0.05) is 11.0 Å². The Morgan fingerprint density at radius 2 is 2.00 bits per heavy atom. The number of nitriles is 1. The van der Waals surface area contributed by atoms with Crippen molar-refractivity contribution in [3.63, 3.8) is 0 Å². The van der Waals surface area contributed by atoms with Crippen LogP contribution in [0.4, 0.5) is 0 Å². The highest BCUT2D eigenvalue weighted by molar-refractivity contribution is 8.00. The molecule has 0 saturated heterocycles. The van der Waals surface area contributed by atoms with Gasteiger partial charge in [-0.05, 0) is 30.7 Å². The number of aryl methyl sites for hydroxylation is 1. The van der Waals surface area contributed by atoms with Crippen LogP contribution in [0.5, 0.6) is 11.5 Å². The summed E-state index contributed by atoms with van der Waals surface area (Å²) >= 11 is 1.43. The van der Waals surface area contributed by atoms with E-state index in [1.807, 2.05) is 37.3 Å². The highest BCUT2D eigenvalue weighted by Crippen LogP contribution is 2.29. The van der Waals surface area contributed by atoms with Gasteiger partial charge in [0.05, 0.1) is 24.5 Å². The van der Waals surface area contributed by atoms with Crippen LogP contribution in [-0.4, -0.2) is 18.8 Å². The van der Waals surface area contributed by atoms with Gasteiger partial charge in [-0.1, -0.05) is 18.2 Å². The standard InChI is InChI=1S/C17H15NO3S/c1-12-5-3-4-6-16(12)22-11-17(19)21-14-8-7-13(10-18)9-15(14)20-2/h3-9H,11H2,1-2H3. The fourth-order valence-electron chi connectivity index (χ4n) is 1.83. The molecule has 0 aliphatic heterocycles. The van der Waals surface area contributed by atoms with Gasteiger partial charge in [0.15, 0.2) is 11.5 Å². The Labute approximate surface area is 133 Å². The number of carbonyl (C=O) groups excluding carboxylic acids is 1. The predicted molar refractivity (Wildman–Crippen MR) is 85.2 cm³/mol. The first-order valence-electron chi connectivity index (χ1n) is 6.61. The van der Waals surface area contributed by atoms with Crippen LogP contribution in [0.15, 0.2) is 47.4 Å². The van der Waals surface area contributed by atoms with Crippen LogP contribution in [0.1, 0.15) is 11.1 Å². The fraction of sp³-hybridized carbons (Fsp3) is 0.176. The molecule has 112 valence electrons. The summed E-state index contributed by atoms with van der Waals surface area (Å²) in [5.74, 6) is 0.523. The van der Waals surface area contributed by atoms with Crippen molar-refractivity contribution < 1.29 is 14.3 Å². The molecule has 0 fully saturated rings. The largest absolute Gasteiger partial charge is 0.493 e. The Hall–Kier alpha value is -2.45. The SMILES string of the molecule is COc1cc(C#N)ccc1OC(=O)CSc1ccccc1C. The van der Waals surface area contributed by atoms with Crippen molar-refractivity contribution in [2.45, 2.75) is 11.8 Å². The van der Waals surface area contributed by atoms with Gasteiger partial charge in [0.1, 0.15) is 0 Å². The van der Waals surface area contributed by atoms with E-state index in [0.29, 0.717) is 17.1 Å².